The molecule has 0 spiro atoms. The fraction of sp³-hybridized carbons (Fsp3) is 0.556. The first kappa shape index (κ1) is 9.92. The Morgan fingerprint density at radius 3 is 2.46 bits per heavy atom. The third-order valence-corrected chi connectivity index (χ3v) is 1.97. The topological polar surface area (TPSA) is 49.8 Å². The molecule has 1 aromatic heterocycles. The molecule has 0 bridgehead atoms. The molecule has 0 saturated carbocycles. The van der Waals surface area contributed by atoms with Gasteiger partial charge in [0.05, 0.1) is 18.1 Å². The van der Waals surface area contributed by atoms with E-state index in [1.807, 2.05) is 7.05 Å². The third-order valence-electron chi connectivity index (χ3n) is 1.97. The van der Waals surface area contributed by atoms with Crippen LogP contribution in [0.4, 0.5) is 5.69 Å². The highest BCUT2D eigenvalue weighted by Crippen LogP contribution is 2.05. The summed E-state index contributed by atoms with van der Waals surface area (Å²) in [6, 6.07) is 0. The van der Waals surface area contributed by atoms with Crippen LogP contribution >= 0.6 is 0 Å². The van der Waals surface area contributed by atoms with Crippen molar-refractivity contribution < 1.29 is 0 Å². The Kier molecular flexibility index (Phi) is 3.19. The maximum Gasteiger partial charge on any atom is 0.115 e. The Balaban J connectivity index is 2.44. The summed E-state index contributed by atoms with van der Waals surface area (Å²) in [5.41, 5.74) is 1.03. The van der Waals surface area contributed by atoms with Crippen molar-refractivity contribution in [2.75, 3.05) is 18.9 Å². The normalized spacial score (nSPS) is 11.3. The number of aromatic nitrogens is 2. The molecular formula is C9H16N4. The Labute approximate surface area is 78.8 Å². The summed E-state index contributed by atoms with van der Waals surface area (Å²) < 4.78 is 0. The molecule has 2 N–H and O–H groups in total. The highest BCUT2D eigenvalue weighted by molar-refractivity contribution is 5.37. The quantitative estimate of drug-likeness (QED) is 0.722. The second kappa shape index (κ2) is 4.18. The van der Waals surface area contributed by atoms with Crippen LogP contribution in [0.3, 0.4) is 0 Å². The highest BCUT2D eigenvalue weighted by Gasteiger charge is 2.13. The summed E-state index contributed by atoms with van der Waals surface area (Å²) in [4.78, 5) is 7.83. The third kappa shape index (κ3) is 3.38. The van der Waals surface area contributed by atoms with Crippen LogP contribution < -0.4 is 10.6 Å². The number of anilines is 1. The van der Waals surface area contributed by atoms with Gasteiger partial charge < -0.3 is 10.6 Å². The number of likely N-dealkylation sites (N-methyl/N-ethyl adjacent to an activating group) is 1. The predicted molar refractivity (Wildman–Crippen MR) is 53.7 cm³/mol. The first-order valence-electron chi connectivity index (χ1n) is 4.32. The molecule has 0 unspecified atom stereocenters. The van der Waals surface area contributed by atoms with Crippen molar-refractivity contribution in [3.05, 3.63) is 18.7 Å². The monoisotopic (exact) mass is 180 g/mol. The van der Waals surface area contributed by atoms with Crippen LogP contribution in [0.25, 0.3) is 0 Å². The van der Waals surface area contributed by atoms with Crippen molar-refractivity contribution in [1.82, 2.24) is 15.3 Å². The molecule has 0 aliphatic rings. The summed E-state index contributed by atoms with van der Waals surface area (Å²) in [5.74, 6) is 0. The van der Waals surface area contributed by atoms with Gasteiger partial charge in [0.2, 0.25) is 0 Å². The van der Waals surface area contributed by atoms with Crippen molar-refractivity contribution in [2.24, 2.45) is 0 Å². The molecule has 0 radical (unpaired) electrons. The lowest BCUT2D eigenvalue weighted by Gasteiger charge is -2.24. The number of rotatable bonds is 4. The van der Waals surface area contributed by atoms with E-state index in [0.717, 1.165) is 12.2 Å². The van der Waals surface area contributed by atoms with Crippen molar-refractivity contribution in [3.63, 3.8) is 0 Å². The smallest absolute Gasteiger partial charge is 0.115 e. The Hall–Kier alpha value is -1.16. The van der Waals surface area contributed by atoms with Crippen molar-refractivity contribution >= 4 is 5.69 Å². The van der Waals surface area contributed by atoms with Crippen LogP contribution in [0, 0.1) is 0 Å². The molecule has 4 nitrogen and oxygen atoms in total. The second-order valence-corrected chi connectivity index (χ2v) is 3.61. The Morgan fingerprint density at radius 2 is 1.92 bits per heavy atom. The van der Waals surface area contributed by atoms with E-state index in [-0.39, 0.29) is 5.54 Å². The molecule has 1 rings (SSSR count). The van der Waals surface area contributed by atoms with Gasteiger partial charge >= 0.3 is 0 Å². The molecule has 13 heavy (non-hydrogen) atoms. The second-order valence-electron chi connectivity index (χ2n) is 3.61. The Morgan fingerprint density at radius 1 is 1.31 bits per heavy atom. The van der Waals surface area contributed by atoms with Crippen LogP contribution in [0.5, 0.6) is 0 Å². The van der Waals surface area contributed by atoms with Gasteiger partial charge in [-0.2, -0.15) is 0 Å². The summed E-state index contributed by atoms with van der Waals surface area (Å²) in [7, 11) is 1.95. The molecule has 0 aromatic carbocycles. The van der Waals surface area contributed by atoms with E-state index in [1.165, 1.54) is 6.33 Å². The van der Waals surface area contributed by atoms with Gasteiger partial charge in [-0.1, -0.05) is 0 Å². The van der Waals surface area contributed by atoms with Crippen molar-refractivity contribution in [1.29, 1.82) is 0 Å². The lowest BCUT2D eigenvalue weighted by Crippen LogP contribution is -2.42. The van der Waals surface area contributed by atoms with Gasteiger partial charge in [0.15, 0.2) is 0 Å². The van der Waals surface area contributed by atoms with Gasteiger partial charge in [-0.3, -0.25) is 0 Å². The zero-order valence-electron chi connectivity index (χ0n) is 8.33. The SMILES string of the molecule is CNC(C)(C)CNc1cncnc1. The van der Waals surface area contributed by atoms with Crippen LogP contribution in [0.15, 0.2) is 18.7 Å². The summed E-state index contributed by atoms with van der Waals surface area (Å²) >= 11 is 0. The number of hydrogen-bond donors (Lipinski definition) is 2. The minimum absolute atomic E-state index is 0.0792. The lowest BCUT2D eigenvalue weighted by atomic mass is 10.1. The molecule has 0 amide bonds. The van der Waals surface area contributed by atoms with Crippen LogP contribution in [0.1, 0.15) is 13.8 Å². The fourth-order valence-electron chi connectivity index (χ4n) is 0.802. The minimum atomic E-state index is 0.0792. The van der Waals surface area contributed by atoms with Gasteiger partial charge in [0.25, 0.3) is 0 Å². The first-order valence-corrected chi connectivity index (χ1v) is 4.32. The zero-order valence-corrected chi connectivity index (χ0v) is 8.33. The molecule has 72 valence electrons. The maximum absolute atomic E-state index is 3.92. The van der Waals surface area contributed by atoms with Crippen LogP contribution in [-0.2, 0) is 0 Å². The van der Waals surface area contributed by atoms with Gasteiger partial charge in [0, 0.05) is 12.1 Å². The van der Waals surface area contributed by atoms with Crippen LogP contribution in [0.2, 0.25) is 0 Å². The fourth-order valence-corrected chi connectivity index (χ4v) is 0.802. The zero-order chi connectivity index (χ0) is 9.73. The van der Waals surface area contributed by atoms with Gasteiger partial charge in [-0.15, -0.1) is 0 Å². The molecule has 0 aliphatic carbocycles. The average molecular weight is 180 g/mol. The summed E-state index contributed by atoms with van der Waals surface area (Å²) in [5, 5.41) is 6.46. The van der Waals surface area contributed by atoms with E-state index in [2.05, 4.69) is 34.4 Å². The number of nitrogens with one attached hydrogen (secondary N) is 2. The predicted octanol–water partition coefficient (Wildman–Crippen LogP) is 0.886. The van der Waals surface area contributed by atoms with Gasteiger partial charge in [0.1, 0.15) is 6.33 Å². The van der Waals surface area contributed by atoms with E-state index < -0.39 is 0 Å². The van der Waals surface area contributed by atoms with E-state index in [0.29, 0.717) is 0 Å². The highest BCUT2D eigenvalue weighted by atomic mass is 15.0. The molecule has 0 saturated heterocycles. The molecule has 4 heteroatoms. The molecule has 0 aliphatic heterocycles. The average Bonchev–Trinajstić information content (AvgIpc) is 2.17. The van der Waals surface area contributed by atoms with Crippen molar-refractivity contribution in [3.8, 4) is 0 Å². The van der Waals surface area contributed by atoms with E-state index >= 15 is 0 Å². The van der Waals surface area contributed by atoms with Crippen LogP contribution in [-0.4, -0.2) is 29.1 Å². The molecule has 0 atom stereocenters. The van der Waals surface area contributed by atoms with E-state index in [4.69, 9.17) is 0 Å². The minimum Gasteiger partial charge on any atom is -0.381 e. The number of nitrogens with zero attached hydrogens (tertiary/aromatic N) is 2. The molecule has 0 fully saturated rings. The molecule has 1 heterocycles. The van der Waals surface area contributed by atoms with Crippen molar-refractivity contribution in [2.45, 2.75) is 19.4 Å². The Bertz CT molecular complexity index is 245. The standard InChI is InChI=1S/C9H16N4/c1-9(2,10-3)6-13-8-4-11-7-12-5-8/h4-5,7,10,13H,6H2,1-3H3. The maximum atomic E-state index is 3.92. The molecule has 1 aromatic rings. The summed E-state index contributed by atoms with van der Waals surface area (Å²) in [6.45, 7) is 5.10. The first-order chi connectivity index (χ1) is 6.14. The van der Waals surface area contributed by atoms with E-state index in [9.17, 15) is 0 Å². The van der Waals surface area contributed by atoms with Gasteiger partial charge in [-0.25, -0.2) is 9.97 Å². The number of hydrogen-bond acceptors (Lipinski definition) is 4. The summed E-state index contributed by atoms with van der Waals surface area (Å²) in [6.07, 6.45) is 5.05. The largest absolute Gasteiger partial charge is 0.381 e. The van der Waals surface area contributed by atoms with E-state index in [1.54, 1.807) is 12.4 Å². The molecular weight excluding hydrogens is 164 g/mol. The lowest BCUT2D eigenvalue weighted by molar-refractivity contribution is 0.448. The van der Waals surface area contributed by atoms with Gasteiger partial charge in [-0.05, 0) is 20.9 Å².